The van der Waals surface area contributed by atoms with Crippen LogP contribution in [0.2, 0.25) is 0 Å². The van der Waals surface area contributed by atoms with E-state index >= 15 is 0 Å². The predicted molar refractivity (Wildman–Crippen MR) is 145 cm³/mol. The number of hydrogen-bond donors (Lipinski definition) is 1. The van der Waals surface area contributed by atoms with Crippen LogP contribution in [-0.2, 0) is 0 Å². The minimum atomic E-state index is -0.573. The van der Waals surface area contributed by atoms with E-state index in [1.807, 2.05) is 44.2 Å². The van der Waals surface area contributed by atoms with Crippen molar-refractivity contribution in [2.24, 2.45) is 0 Å². The van der Waals surface area contributed by atoms with Crippen molar-refractivity contribution in [3.8, 4) is 17.2 Å². The van der Waals surface area contributed by atoms with Crippen LogP contribution in [0.4, 0.5) is 10.5 Å². The van der Waals surface area contributed by atoms with Crippen LogP contribution in [-0.4, -0.2) is 41.7 Å². The first kappa shape index (κ1) is 25.2. The van der Waals surface area contributed by atoms with E-state index < -0.39 is 6.04 Å². The summed E-state index contributed by atoms with van der Waals surface area (Å²) in [6, 6.07) is 17.2. The Bertz CT molecular complexity index is 1500. The lowest BCUT2D eigenvalue weighted by atomic mass is 10.2. The molecule has 0 spiro atoms. The molecule has 4 rings (SSSR count). The average molecular weight is 551 g/mol. The van der Waals surface area contributed by atoms with Crippen molar-refractivity contribution in [1.29, 1.82) is 0 Å². The lowest BCUT2D eigenvalue weighted by Crippen LogP contribution is -2.37. The molecule has 0 radical (unpaired) electrons. The monoisotopic (exact) mass is 550 g/mol. The number of carbonyl (C=O) groups excluding carboxylic acids is 1. The third-order valence-corrected chi connectivity index (χ3v) is 6.83. The number of para-hydroxylation sites is 1. The van der Waals surface area contributed by atoms with Gasteiger partial charge in [-0.2, -0.15) is 0 Å². The number of amides is 2. The summed E-state index contributed by atoms with van der Waals surface area (Å²) in [7, 11) is 4.75. The van der Waals surface area contributed by atoms with E-state index in [4.69, 9.17) is 14.5 Å². The molecule has 0 aliphatic rings. The molecule has 1 N–H and O–H groups in total. The Labute approximate surface area is 217 Å². The highest BCUT2D eigenvalue weighted by Crippen LogP contribution is 2.36. The number of rotatable bonds is 6. The van der Waals surface area contributed by atoms with Gasteiger partial charge in [0.1, 0.15) is 17.3 Å². The summed E-state index contributed by atoms with van der Waals surface area (Å²) >= 11 is 3.58. The molecule has 0 fully saturated rings. The summed E-state index contributed by atoms with van der Waals surface area (Å²) < 4.78 is 13.0. The van der Waals surface area contributed by atoms with Crippen LogP contribution in [0.1, 0.15) is 24.4 Å². The zero-order valence-corrected chi connectivity index (χ0v) is 22.3. The van der Waals surface area contributed by atoms with Crippen LogP contribution in [0.5, 0.6) is 11.5 Å². The number of nitrogens with one attached hydrogen (secondary N) is 1. The van der Waals surface area contributed by atoms with Gasteiger partial charge in [-0.05, 0) is 59.6 Å². The molecule has 0 saturated carbocycles. The van der Waals surface area contributed by atoms with Crippen LogP contribution in [0.15, 0.2) is 69.9 Å². The molecule has 1 unspecified atom stereocenters. The zero-order chi connectivity index (χ0) is 26.0. The second-order valence-electron chi connectivity index (χ2n) is 8.38. The number of carbonyl (C=O) groups is 1. The lowest BCUT2D eigenvalue weighted by molar-refractivity contribution is 0.205. The quantitative estimate of drug-likeness (QED) is 0.333. The second-order valence-corrected chi connectivity index (χ2v) is 9.17. The van der Waals surface area contributed by atoms with Crippen LogP contribution in [0, 0.1) is 6.92 Å². The third-order valence-electron chi connectivity index (χ3n) is 6.04. The number of methoxy groups -OCH3 is 2. The van der Waals surface area contributed by atoms with Gasteiger partial charge in [0.15, 0.2) is 0 Å². The van der Waals surface area contributed by atoms with E-state index in [9.17, 15) is 9.59 Å². The van der Waals surface area contributed by atoms with E-state index in [1.54, 1.807) is 44.5 Å². The predicted octanol–water partition coefficient (Wildman–Crippen LogP) is 5.70. The fourth-order valence-electron chi connectivity index (χ4n) is 3.93. The summed E-state index contributed by atoms with van der Waals surface area (Å²) in [6.45, 7) is 3.79. The third kappa shape index (κ3) is 4.79. The maximum absolute atomic E-state index is 13.8. The van der Waals surface area contributed by atoms with Crippen molar-refractivity contribution in [3.63, 3.8) is 0 Å². The Morgan fingerprint density at radius 2 is 1.83 bits per heavy atom. The number of nitrogens with zero attached hydrogens (tertiary/aromatic N) is 3. The van der Waals surface area contributed by atoms with Gasteiger partial charge in [0.2, 0.25) is 0 Å². The van der Waals surface area contributed by atoms with Crippen molar-refractivity contribution in [2.75, 3.05) is 26.6 Å². The Morgan fingerprint density at radius 1 is 1.08 bits per heavy atom. The van der Waals surface area contributed by atoms with Crippen molar-refractivity contribution < 1.29 is 14.3 Å². The first-order valence-corrected chi connectivity index (χ1v) is 12.1. The van der Waals surface area contributed by atoms with Crippen molar-refractivity contribution in [1.82, 2.24) is 14.5 Å². The number of fused-ring (bicyclic) bond motifs is 1. The molecule has 0 aliphatic carbocycles. The van der Waals surface area contributed by atoms with Crippen molar-refractivity contribution in [3.05, 3.63) is 86.9 Å². The molecule has 0 bridgehead atoms. The first-order valence-electron chi connectivity index (χ1n) is 11.3. The minimum Gasteiger partial charge on any atom is -0.497 e. The molecule has 4 aromatic rings. The van der Waals surface area contributed by atoms with Crippen LogP contribution in [0.3, 0.4) is 0 Å². The smallest absolute Gasteiger partial charge is 0.322 e. The van der Waals surface area contributed by atoms with Gasteiger partial charge < -0.3 is 19.7 Å². The van der Waals surface area contributed by atoms with E-state index in [1.165, 1.54) is 16.6 Å². The van der Waals surface area contributed by atoms with E-state index in [0.29, 0.717) is 44.1 Å². The molecular weight excluding hydrogens is 524 g/mol. The maximum Gasteiger partial charge on any atom is 0.322 e. The zero-order valence-electron chi connectivity index (χ0n) is 20.7. The minimum absolute atomic E-state index is 0.272. The normalized spacial score (nSPS) is 11.7. The summed E-state index contributed by atoms with van der Waals surface area (Å²) in [5.74, 6) is 1.39. The Morgan fingerprint density at radius 3 is 2.53 bits per heavy atom. The molecule has 8 nitrogen and oxygen atoms in total. The van der Waals surface area contributed by atoms with E-state index in [2.05, 4.69) is 21.2 Å². The van der Waals surface area contributed by atoms with Gasteiger partial charge in [-0.15, -0.1) is 0 Å². The topological polar surface area (TPSA) is 85.7 Å². The van der Waals surface area contributed by atoms with Gasteiger partial charge in [-0.1, -0.05) is 24.3 Å². The maximum atomic E-state index is 13.8. The fraction of sp³-hybridized carbons (Fsp3) is 0.222. The van der Waals surface area contributed by atoms with Crippen molar-refractivity contribution >= 4 is 38.6 Å². The van der Waals surface area contributed by atoms with Crippen molar-refractivity contribution in [2.45, 2.75) is 19.9 Å². The van der Waals surface area contributed by atoms with Gasteiger partial charge in [0.05, 0.1) is 41.3 Å². The fourth-order valence-corrected chi connectivity index (χ4v) is 4.50. The number of halogens is 1. The van der Waals surface area contributed by atoms with Crippen LogP contribution >= 0.6 is 15.9 Å². The number of ether oxygens (including phenoxy) is 2. The molecule has 36 heavy (non-hydrogen) atoms. The highest BCUT2D eigenvalue weighted by molar-refractivity contribution is 9.10. The van der Waals surface area contributed by atoms with Gasteiger partial charge >= 0.3 is 6.03 Å². The number of urea groups is 1. The van der Waals surface area contributed by atoms with Gasteiger partial charge in [0, 0.05) is 24.9 Å². The lowest BCUT2D eigenvalue weighted by Gasteiger charge is -2.27. The SMILES string of the molecule is COc1cc(OC)c(Br)c(-n2c(C(C)N(C)C(=O)Nc3cccc(C)c3)nc3ccccc3c2=O)c1. The van der Waals surface area contributed by atoms with Gasteiger partial charge in [-0.25, -0.2) is 9.78 Å². The Balaban J connectivity index is 1.87. The molecule has 1 heterocycles. The Kier molecular flexibility index (Phi) is 7.30. The molecule has 2 amide bonds. The molecular formula is C27H27BrN4O4. The van der Waals surface area contributed by atoms with Crippen LogP contribution in [0.25, 0.3) is 16.6 Å². The summed E-state index contributed by atoms with van der Waals surface area (Å²) in [4.78, 5) is 33.3. The summed E-state index contributed by atoms with van der Waals surface area (Å²) in [5, 5.41) is 3.37. The van der Waals surface area contributed by atoms with Gasteiger partial charge in [-0.3, -0.25) is 9.36 Å². The number of aromatic nitrogens is 2. The van der Waals surface area contributed by atoms with Gasteiger partial charge in [0.25, 0.3) is 5.56 Å². The molecule has 1 aromatic heterocycles. The summed E-state index contributed by atoms with van der Waals surface area (Å²) in [6.07, 6.45) is 0. The molecule has 1 atom stereocenters. The molecule has 0 aliphatic heterocycles. The molecule has 186 valence electrons. The van der Waals surface area contributed by atoms with E-state index in [-0.39, 0.29) is 11.6 Å². The van der Waals surface area contributed by atoms with Crippen LogP contribution < -0.4 is 20.3 Å². The number of benzene rings is 3. The highest BCUT2D eigenvalue weighted by atomic mass is 79.9. The number of aryl methyl sites for hydroxylation is 1. The molecule has 9 heteroatoms. The molecule has 0 saturated heterocycles. The Hall–Kier alpha value is -3.85. The van der Waals surface area contributed by atoms with E-state index in [0.717, 1.165) is 5.56 Å². The molecule has 3 aromatic carbocycles. The summed E-state index contributed by atoms with van der Waals surface area (Å²) in [5.41, 5.74) is 2.47. The number of anilines is 1. The largest absolute Gasteiger partial charge is 0.497 e. The second kappa shape index (κ2) is 10.4. The standard InChI is InChI=1S/C27H27BrN4O4/c1-16-9-8-10-18(13-16)29-27(34)31(3)17(2)25-30-21-12-7-6-11-20(21)26(33)32(25)22-14-19(35-4)15-23(36-5)24(22)28/h6-15,17H,1-5H3,(H,29,34). The average Bonchev–Trinajstić information content (AvgIpc) is 2.88. The highest BCUT2D eigenvalue weighted by Gasteiger charge is 2.26. The first-order chi connectivity index (χ1) is 17.2. The number of hydrogen-bond acceptors (Lipinski definition) is 5.